The second kappa shape index (κ2) is 8.51. The molecular weight excluding hydrogens is 496 g/mol. The zero-order chi connectivity index (χ0) is 26.9. The van der Waals surface area contributed by atoms with E-state index in [9.17, 15) is 0 Å². The lowest BCUT2D eigenvalue weighted by Crippen LogP contribution is -1.95. The van der Waals surface area contributed by atoms with Gasteiger partial charge in [0.1, 0.15) is 0 Å². The number of aromatic nitrogens is 2. The van der Waals surface area contributed by atoms with E-state index < -0.39 is 0 Å². The summed E-state index contributed by atoms with van der Waals surface area (Å²) in [5, 5.41) is 9.01. The van der Waals surface area contributed by atoms with Gasteiger partial charge in [0.15, 0.2) is 0 Å². The number of benzene rings is 7. The van der Waals surface area contributed by atoms with Crippen LogP contribution in [0, 0.1) is 0 Å². The van der Waals surface area contributed by atoms with Crippen LogP contribution in [0.3, 0.4) is 0 Å². The van der Waals surface area contributed by atoms with Crippen LogP contribution in [0.25, 0.3) is 82.2 Å². The highest BCUT2D eigenvalue weighted by molar-refractivity contribution is 6.25. The minimum absolute atomic E-state index is 0.995. The molecule has 0 saturated heterocycles. The third kappa shape index (κ3) is 3.28. The van der Waals surface area contributed by atoms with Gasteiger partial charge in [0.2, 0.25) is 0 Å². The fourth-order valence-corrected chi connectivity index (χ4v) is 6.63. The molecule has 190 valence electrons. The molecule has 0 aliphatic heterocycles. The first kappa shape index (κ1) is 22.4. The normalized spacial score (nSPS) is 11.9. The van der Waals surface area contributed by atoms with E-state index in [1.165, 1.54) is 54.3 Å². The Balaban J connectivity index is 1.22. The molecule has 0 saturated carbocycles. The van der Waals surface area contributed by atoms with Crippen LogP contribution in [-0.4, -0.2) is 9.38 Å². The molecule has 0 aliphatic rings. The number of nitrogens with zero attached hydrogens (tertiary/aromatic N) is 2. The van der Waals surface area contributed by atoms with E-state index in [4.69, 9.17) is 4.98 Å². The molecule has 0 unspecified atom stereocenters. The highest BCUT2D eigenvalue weighted by Crippen LogP contribution is 2.38. The first-order chi connectivity index (χ1) is 20.3. The molecule has 9 rings (SSSR count). The maximum atomic E-state index is 5.15. The number of hydrogen-bond donors (Lipinski definition) is 0. The molecule has 0 radical (unpaired) electrons. The molecule has 0 amide bonds. The average Bonchev–Trinajstić information content (AvgIpc) is 3.44. The van der Waals surface area contributed by atoms with E-state index in [1.807, 2.05) is 0 Å². The van der Waals surface area contributed by atoms with Gasteiger partial charge in [-0.15, -0.1) is 0 Å². The highest BCUT2D eigenvalue weighted by Gasteiger charge is 2.14. The summed E-state index contributed by atoms with van der Waals surface area (Å²) in [6.45, 7) is 0. The highest BCUT2D eigenvalue weighted by atomic mass is 14.9. The molecule has 0 spiro atoms. The second-order valence-corrected chi connectivity index (χ2v) is 10.8. The summed E-state index contributed by atoms with van der Waals surface area (Å²) in [5.74, 6) is 0. The van der Waals surface area contributed by atoms with Gasteiger partial charge >= 0.3 is 0 Å². The van der Waals surface area contributed by atoms with Crippen molar-refractivity contribution in [2.75, 3.05) is 0 Å². The summed E-state index contributed by atoms with van der Waals surface area (Å²) in [5.41, 5.74) is 8.98. The smallest absolute Gasteiger partial charge is 0.0950 e. The van der Waals surface area contributed by atoms with Crippen LogP contribution < -0.4 is 0 Å². The van der Waals surface area contributed by atoms with Gasteiger partial charge in [-0.1, -0.05) is 115 Å². The van der Waals surface area contributed by atoms with E-state index in [0.717, 1.165) is 27.8 Å². The Morgan fingerprint density at radius 2 is 0.902 bits per heavy atom. The standard InChI is InChI=1S/C39H24N2/c1-7-15-36-28(9-1)24-38-39(40-35-14-6-8-16-37(35)41(36)38)26-19-17-25(18-20-26)27-21-22-33-31-12-3-2-10-29(31)30-11-4-5-13-32(30)34(33)23-27/h1-24H. The van der Waals surface area contributed by atoms with Crippen molar-refractivity contribution < 1.29 is 0 Å². The van der Waals surface area contributed by atoms with Crippen LogP contribution >= 0.6 is 0 Å². The SMILES string of the molecule is c1ccc2c(c1)cc1c(-c3ccc(-c4ccc5c6ccccc6c6ccccc6c5c4)cc3)nc3ccccc3n12. The van der Waals surface area contributed by atoms with E-state index in [0.29, 0.717) is 0 Å². The van der Waals surface area contributed by atoms with Gasteiger partial charge in [-0.3, -0.25) is 0 Å². The van der Waals surface area contributed by atoms with Crippen LogP contribution in [-0.2, 0) is 0 Å². The van der Waals surface area contributed by atoms with Crippen molar-refractivity contribution in [3.8, 4) is 22.4 Å². The Kier molecular flexibility index (Phi) is 4.64. The van der Waals surface area contributed by atoms with Gasteiger partial charge < -0.3 is 4.40 Å². The summed E-state index contributed by atoms with van der Waals surface area (Å²) in [6, 6.07) is 52.5. The molecule has 2 aromatic heterocycles. The lowest BCUT2D eigenvalue weighted by molar-refractivity contribution is 1.27. The molecule has 41 heavy (non-hydrogen) atoms. The van der Waals surface area contributed by atoms with Crippen molar-refractivity contribution in [3.05, 3.63) is 146 Å². The molecule has 2 heterocycles. The maximum Gasteiger partial charge on any atom is 0.0950 e. The number of hydrogen-bond acceptors (Lipinski definition) is 1. The van der Waals surface area contributed by atoms with Crippen molar-refractivity contribution in [2.24, 2.45) is 0 Å². The van der Waals surface area contributed by atoms with Crippen LogP contribution in [0.15, 0.2) is 146 Å². The first-order valence-electron chi connectivity index (χ1n) is 14.1. The minimum Gasteiger partial charge on any atom is -0.306 e. The van der Waals surface area contributed by atoms with E-state index in [-0.39, 0.29) is 0 Å². The molecule has 2 heteroatoms. The Bertz CT molecular complexity index is 2430. The van der Waals surface area contributed by atoms with Gasteiger partial charge in [-0.25, -0.2) is 4.98 Å². The Morgan fingerprint density at radius 3 is 1.63 bits per heavy atom. The van der Waals surface area contributed by atoms with Crippen molar-refractivity contribution in [1.29, 1.82) is 0 Å². The van der Waals surface area contributed by atoms with Crippen LogP contribution in [0.4, 0.5) is 0 Å². The molecule has 7 aromatic carbocycles. The average molecular weight is 521 g/mol. The van der Waals surface area contributed by atoms with Crippen molar-refractivity contribution in [3.63, 3.8) is 0 Å². The Hall–Kier alpha value is -5.47. The van der Waals surface area contributed by atoms with Gasteiger partial charge in [-0.05, 0) is 73.8 Å². The van der Waals surface area contributed by atoms with Crippen molar-refractivity contribution in [1.82, 2.24) is 9.38 Å². The van der Waals surface area contributed by atoms with Crippen LogP contribution in [0.2, 0.25) is 0 Å². The fraction of sp³-hybridized carbons (Fsp3) is 0. The summed E-state index contributed by atoms with van der Waals surface area (Å²) in [4.78, 5) is 5.15. The third-order valence-corrected chi connectivity index (χ3v) is 8.54. The molecule has 9 aromatic rings. The van der Waals surface area contributed by atoms with E-state index in [1.54, 1.807) is 0 Å². The molecule has 0 bridgehead atoms. The van der Waals surface area contributed by atoms with Gasteiger partial charge in [0, 0.05) is 10.9 Å². The van der Waals surface area contributed by atoms with Crippen molar-refractivity contribution in [2.45, 2.75) is 0 Å². The zero-order valence-corrected chi connectivity index (χ0v) is 22.3. The predicted octanol–water partition coefficient (Wildman–Crippen LogP) is 10.4. The fourth-order valence-electron chi connectivity index (χ4n) is 6.63. The largest absolute Gasteiger partial charge is 0.306 e. The first-order valence-corrected chi connectivity index (χ1v) is 14.1. The van der Waals surface area contributed by atoms with E-state index >= 15 is 0 Å². The Labute approximate surface area is 236 Å². The lowest BCUT2D eigenvalue weighted by Gasteiger charge is -2.13. The number of fused-ring (bicyclic) bond motifs is 11. The maximum absolute atomic E-state index is 5.15. The van der Waals surface area contributed by atoms with Crippen LogP contribution in [0.5, 0.6) is 0 Å². The summed E-state index contributed by atoms with van der Waals surface area (Å²) in [7, 11) is 0. The quantitative estimate of drug-likeness (QED) is 0.207. The molecule has 2 nitrogen and oxygen atoms in total. The predicted molar refractivity (Wildman–Crippen MR) is 174 cm³/mol. The zero-order valence-electron chi connectivity index (χ0n) is 22.3. The van der Waals surface area contributed by atoms with Gasteiger partial charge in [0.25, 0.3) is 0 Å². The lowest BCUT2D eigenvalue weighted by atomic mass is 9.92. The van der Waals surface area contributed by atoms with Gasteiger partial charge in [0.05, 0.1) is 27.8 Å². The second-order valence-electron chi connectivity index (χ2n) is 10.8. The Morgan fingerprint density at radius 1 is 0.366 bits per heavy atom. The molecule has 0 atom stereocenters. The molecular formula is C39H24N2. The van der Waals surface area contributed by atoms with Crippen LogP contribution in [0.1, 0.15) is 0 Å². The topological polar surface area (TPSA) is 17.3 Å². The monoisotopic (exact) mass is 520 g/mol. The minimum atomic E-state index is 0.995. The molecule has 0 fully saturated rings. The van der Waals surface area contributed by atoms with E-state index in [2.05, 4.69) is 150 Å². The summed E-state index contributed by atoms with van der Waals surface area (Å²) >= 11 is 0. The number of para-hydroxylation sites is 3. The number of rotatable bonds is 2. The molecule has 0 N–H and O–H groups in total. The molecule has 0 aliphatic carbocycles. The van der Waals surface area contributed by atoms with Gasteiger partial charge in [-0.2, -0.15) is 0 Å². The summed E-state index contributed by atoms with van der Waals surface area (Å²) in [6.07, 6.45) is 0. The third-order valence-electron chi connectivity index (χ3n) is 8.54. The van der Waals surface area contributed by atoms with Crippen molar-refractivity contribution >= 4 is 59.8 Å². The summed E-state index contributed by atoms with van der Waals surface area (Å²) < 4.78 is 2.35.